The molecule has 31 heavy (non-hydrogen) atoms. The van der Waals surface area contributed by atoms with Crippen LogP contribution in [0.5, 0.6) is 0 Å². The summed E-state index contributed by atoms with van der Waals surface area (Å²) in [6.45, 7) is 2.38. The average molecular weight is 449 g/mol. The first-order valence-corrected chi connectivity index (χ1v) is 12.7. The maximum Gasteiger partial charge on any atom is 0.240 e. The minimum absolute atomic E-state index is 0.0450. The second-order valence-electron chi connectivity index (χ2n) is 8.77. The number of aliphatic hydroxyl groups excluding tert-OH is 1. The summed E-state index contributed by atoms with van der Waals surface area (Å²) in [6, 6.07) is 6.28. The van der Waals surface area contributed by atoms with Crippen LogP contribution in [0.4, 0.5) is 0 Å². The lowest BCUT2D eigenvalue weighted by Gasteiger charge is -2.36. The van der Waals surface area contributed by atoms with Crippen LogP contribution in [-0.4, -0.2) is 53.4 Å². The number of ether oxygens (including phenoxy) is 1. The first-order valence-electron chi connectivity index (χ1n) is 11.2. The molecule has 1 aromatic heterocycles. The SMILES string of the molecule is Cc1ccc(S(=O)(=O)N[C@@H]2CC[C@@H](CCn3cc(C4CCCC4)nn3)O[C@H]2CO)cc1. The lowest BCUT2D eigenvalue weighted by atomic mass is 9.98. The zero-order valence-corrected chi connectivity index (χ0v) is 18.8. The van der Waals surface area contributed by atoms with E-state index >= 15 is 0 Å². The number of sulfonamides is 1. The number of hydrogen-bond donors (Lipinski definition) is 2. The van der Waals surface area contributed by atoms with Crippen LogP contribution in [0.3, 0.4) is 0 Å². The Balaban J connectivity index is 1.30. The van der Waals surface area contributed by atoms with Crippen molar-refractivity contribution in [2.45, 2.75) is 87.5 Å². The molecular weight excluding hydrogens is 416 g/mol. The van der Waals surface area contributed by atoms with Crippen LogP contribution in [0.2, 0.25) is 0 Å². The van der Waals surface area contributed by atoms with E-state index in [-0.39, 0.29) is 17.6 Å². The number of aliphatic hydroxyl groups is 1. The number of nitrogens with zero attached hydrogens (tertiary/aromatic N) is 3. The highest BCUT2D eigenvalue weighted by atomic mass is 32.2. The predicted molar refractivity (Wildman–Crippen MR) is 116 cm³/mol. The van der Waals surface area contributed by atoms with Gasteiger partial charge in [-0.25, -0.2) is 13.1 Å². The first-order chi connectivity index (χ1) is 14.9. The molecule has 1 aliphatic carbocycles. The molecule has 2 heterocycles. The Labute approximate surface area is 184 Å². The highest BCUT2D eigenvalue weighted by Crippen LogP contribution is 2.32. The molecule has 2 fully saturated rings. The molecule has 1 saturated carbocycles. The number of benzene rings is 1. The summed E-state index contributed by atoms with van der Waals surface area (Å²) in [5, 5.41) is 18.4. The Morgan fingerprint density at radius 2 is 1.90 bits per heavy atom. The number of rotatable bonds is 8. The molecule has 1 saturated heterocycles. The van der Waals surface area contributed by atoms with Crippen LogP contribution in [0.1, 0.15) is 62.1 Å². The van der Waals surface area contributed by atoms with Crippen molar-refractivity contribution in [1.29, 1.82) is 0 Å². The molecule has 8 nitrogen and oxygen atoms in total. The van der Waals surface area contributed by atoms with Crippen molar-refractivity contribution in [3.63, 3.8) is 0 Å². The fraction of sp³-hybridized carbons (Fsp3) is 0.636. The Kier molecular flexibility index (Phi) is 7.05. The molecule has 0 bridgehead atoms. The maximum atomic E-state index is 12.7. The maximum absolute atomic E-state index is 12.7. The van der Waals surface area contributed by atoms with Crippen LogP contribution >= 0.6 is 0 Å². The van der Waals surface area contributed by atoms with Crippen LogP contribution in [0.15, 0.2) is 35.4 Å². The van der Waals surface area contributed by atoms with Gasteiger partial charge >= 0.3 is 0 Å². The quantitative estimate of drug-likeness (QED) is 0.643. The van der Waals surface area contributed by atoms with Gasteiger partial charge in [0.15, 0.2) is 0 Å². The van der Waals surface area contributed by atoms with E-state index in [1.165, 1.54) is 25.7 Å². The van der Waals surface area contributed by atoms with E-state index < -0.39 is 22.2 Å². The molecule has 1 aliphatic heterocycles. The summed E-state index contributed by atoms with van der Waals surface area (Å²) < 4.78 is 36.1. The molecule has 1 aromatic carbocycles. The van der Waals surface area contributed by atoms with Crippen molar-refractivity contribution in [3.8, 4) is 0 Å². The van der Waals surface area contributed by atoms with Crippen molar-refractivity contribution in [2.24, 2.45) is 0 Å². The van der Waals surface area contributed by atoms with Crippen LogP contribution < -0.4 is 4.72 Å². The van der Waals surface area contributed by atoms with Crippen molar-refractivity contribution in [3.05, 3.63) is 41.7 Å². The molecule has 4 rings (SSSR count). The van der Waals surface area contributed by atoms with Crippen molar-refractivity contribution < 1.29 is 18.3 Å². The van der Waals surface area contributed by atoms with Gasteiger partial charge in [-0.2, -0.15) is 0 Å². The molecule has 0 amide bonds. The third-order valence-electron chi connectivity index (χ3n) is 6.44. The summed E-state index contributed by atoms with van der Waals surface area (Å²) in [4.78, 5) is 0.223. The zero-order valence-electron chi connectivity index (χ0n) is 18.0. The minimum Gasteiger partial charge on any atom is -0.394 e. The Hall–Kier alpha value is -1.81. The Morgan fingerprint density at radius 3 is 2.61 bits per heavy atom. The molecule has 2 aromatic rings. The van der Waals surface area contributed by atoms with Gasteiger partial charge in [0.05, 0.1) is 35.4 Å². The van der Waals surface area contributed by atoms with Crippen molar-refractivity contribution in [1.82, 2.24) is 19.7 Å². The van der Waals surface area contributed by atoms with E-state index in [0.717, 1.165) is 24.1 Å². The molecule has 2 aliphatic rings. The van der Waals surface area contributed by atoms with E-state index in [2.05, 4.69) is 15.0 Å². The smallest absolute Gasteiger partial charge is 0.240 e. The molecule has 9 heteroatoms. The van der Waals surface area contributed by atoms with Gasteiger partial charge in [-0.3, -0.25) is 4.68 Å². The molecular formula is C22H32N4O4S. The monoisotopic (exact) mass is 448 g/mol. The highest BCUT2D eigenvalue weighted by Gasteiger charge is 2.34. The Morgan fingerprint density at radius 1 is 1.16 bits per heavy atom. The summed E-state index contributed by atoms with van der Waals surface area (Å²) in [5.74, 6) is 0.542. The van der Waals surface area contributed by atoms with E-state index in [1.54, 1.807) is 24.3 Å². The van der Waals surface area contributed by atoms with E-state index in [4.69, 9.17) is 4.74 Å². The average Bonchev–Trinajstić information content (AvgIpc) is 3.45. The van der Waals surface area contributed by atoms with Gasteiger partial charge in [0.2, 0.25) is 10.0 Å². The van der Waals surface area contributed by atoms with E-state index in [9.17, 15) is 13.5 Å². The largest absolute Gasteiger partial charge is 0.394 e. The molecule has 0 spiro atoms. The number of aryl methyl sites for hydroxylation is 2. The second-order valence-corrected chi connectivity index (χ2v) is 10.5. The van der Waals surface area contributed by atoms with Gasteiger partial charge in [-0.05, 0) is 51.2 Å². The fourth-order valence-corrected chi connectivity index (χ4v) is 5.87. The van der Waals surface area contributed by atoms with Gasteiger partial charge in [0.25, 0.3) is 0 Å². The summed E-state index contributed by atoms with van der Waals surface area (Å²) in [6.07, 6.45) is 8.45. The van der Waals surface area contributed by atoms with Gasteiger partial charge in [-0.15, -0.1) is 5.10 Å². The third kappa shape index (κ3) is 5.52. The number of aromatic nitrogens is 3. The topological polar surface area (TPSA) is 106 Å². The normalized spacial score (nSPS) is 25.2. The van der Waals surface area contributed by atoms with Crippen LogP contribution in [0.25, 0.3) is 0 Å². The lowest BCUT2D eigenvalue weighted by Crippen LogP contribution is -2.50. The molecule has 170 valence electrons. The number of nitrogens with one attached hydrogen (secondary N) is 1. The molecule has 0 radical (unpaired) electrons. The lowest BCUT2D eigenvalue weighted by molar-refractivity contribution is -0.0891. The van der Waals surface area contributed by atoms with Gasteiger partial charge in [0.1, 0.15) is 0 Å². The van der Waals surface area contributed by atoms with Crippen LogP contribution in [-0.2, 0) is 21.3 Å². The predicted octanol–water partition coefficient (Wildman–Crippen LogP) is 2.52. The van der Waals surface area contributed by atoms with Crippen molar-refractivity contribution >= 4 is 10.0 Å². The van der Waals surface area contributed by atoms with Crippen LogP contribution in [0, 0.1) is 6.92 Å². The van der Waals surface area contributed by atoms with Gasteiger partial charge < -0.3 is 9.84 Å². The zero-order chi connectivity index (χ0) is 21.8. The summed E-state index contributed by atoms with van der Waals surface area (Å²) in [5.41, 5.74) is 2.08. The third-order valence-corrected chi connectivity index (χ3v) is 7.95. The molecule has 3 atom stereocenters. The number of hydrogen-bond acceptors (Lipinski definition) is 6. The first kappa shape index (κ1) is 22.4. The fourth-order valence-electron chi connectivity index (χ4n) is 4.57. The van der Waals surface area contributed by atoms with Gasteiger partial charge in [0, 0.05) is 18.7 Å². The Bertz CT molecular complexity index is 954. The standard InChI is InChI=1S/C22H32N4O4S/c1-16-6-9-19(10-7-16)31(28,29)24-20-11-8-18(30-22(20)15-27)12-13-26-14-21(23-25-26)17-4-2-3-5-17/h6-7,9-10,14,17-18,20,22,24,27H,2-5,8,11-13,15H2,1H3/t18-,20+,22-/m0/s1. The molecule has 0 unspecified atom stereocenters. The second kappa shape index (κ2) is 9.77. The van der Waals surface area contributed by atoms with Gasteiger partial charge in [-0.1, -0.05) is 35.8 Å². The summed E-state index contributed by atoms with van der Waals surface area (Å²) in [7, 11) is -3.66. The van der Waals surface area contributed by atoms with E-state index in [1.807, 2.05) is 17.8 Å². The molecule has 2 N–H and O–H groups in total. The van der Waals surface area contributed by atoms with Crippen molar-refractivity contribution in [2.75, 3.05) is 6.61 Å². The highest BCUT2D eigenvalue weighted by molar-refractivity contribution is 7.89. The minimum atomic E-state index is -3.66. The van der Waals surface area contributed by atoms with E-state index in [0.29, 0.717) is 18.9 Å². The summed E-state index contributed by atoms with van der Waals surface area (Å²) >= 11 is 0.